The molecule has 0 amide bonds. The predicted molar refractivity (Wildman–Crippen MR) is 86.3 cm³/mol. The van der Waals surface area contributed by atoms with Gasteiger partial charge in [-0.25, -0.2) is 9.59 Å². The standard InChI is InChI=1S/C14H24O6Si2/c15-11(19-13(21)7-1-3-9-17-13)5-6-12(16)20-14(22)8-2-4-10-18-14/h5-6H,1-4,7-10H2,21-22H3/b6-5-. The van der Waals surface area contributed by atoms with E-state index in [-0.39, 0.29) is 0 Å². The van der Waals surface area contributed by atoms with Crippen molar-refractivity contribution in [1.29, 1.82) is 0 Å². The molecule has 2 saturated heterocycles. The summed E-state index contributed by atoms with van der Waals surface area (Å²) < 4.78 is 21.7. The maximum absolute atomic E-state index is 11.8. The molecule has 0 radical (unpaired) electrons. The normalized spacial score (nSPS) is 32.9. The summed E-state index contributed by atoms with van der Waals surface area (Å²) in [6.07, 6.45) is 7.62. The Morgan fingerprint density at radius 2 is 1.23 bits per heavy atom. The molecule has 0 saturated carbocycles. The summed E-state index contributed by atoms with van der Waals surface area (Å²) in [4.78, 5) is 23.6. The molecule has 0 N–H and O–H groups in total. The van der Waals surface area contributed by atoms with Gasteiger partial charge in [-0.3, -0.25) is 0 Å². The van der Waals surface area contributed by atoms with E-state index in [1.54, 1.807) is 0 Å². The van der Waals surface area contributed by atoms with Gasteiger partial charge < -0.3 is 18.9 Å². The molecule has 8 heteroatoms. The van der Waals surface area contributed by atoms with Gasteiger partial charge in [0, 0.05) is 25.0 Å². The van der Waals surface area contributed by atoms with Crippen molar-refractivity contribution in [2.24, 2.45) is 0 Å². The van der Waals surface area contributed by atoms with Crippen LogP contribution in [0.1, 0.15) is 38.5 Å². The lowest BCUT2D eigenvalue weighted by atomic mass is 10.2. The van der Waals surface area contributed by atoms with Gasteiger partial charge in [-0.15, -0.1) is 0 Å². The summed E-state index contributed by atoms with van der Waals surface area (Å²) in [6.45, 7) is 1.23. The fourth-order valence-electron chi connectivity index (χ4n) is 2.61. The lowest BCUT2D eigenvalue weighted by Crippen LogP contribution is -2.41. The summed E-state index contributed by atoms with van der Waals surface area (Å²) in [5, 5.41) is 0. The maximum Gasteiger partial charge on any atom is 0.333 e. The van der Waals surface area contributed by atoms with Crippen molar-refractivity contribution >= 4 is 32.4 Å². The van der Waals surface area contributed by atoms with E-state index in [4.69, 9.17) is 18.9 Å². The largest absolute Gasteiger partial charge is 0.435 e. The smallest absolute Gasteiger partial charge is 0.333 e. The highest BCUT2D eigenvalue weighted by atomic mass is 28.2. The lowest BCUT2D eigenvalue weighted by molar-refractivity contribution is -0.203. The second kappa shape index (κ2) is 7.54. The number of hydrogen-bond acceptors (Lipinski definition) is 6. The molecule has 0 bridgehead atoms. The van der Waals surface area contributed by atoms with E-state index in [1.807, 2.05) is 0 Å². The molecule has 2 aliphatic heterocycles. The third kappa shape index (κ3) is 5.34. The summed E-state index contributed by atoms with van der Waals surface area (Å²) in [5.74, 6) is -1.14. The Balaban J connectivity index is 1.80. The van der Waals surface area contributed by atoms with Crippen LogP contribution in [0.2, 0.25) is 0 Å². The van der Waals surface area contributed by atoms with Crippen LogP contribution >= 0.6 is 0 Å². The van der Waals surface area contributed by atoms with E-state index in [9.17, 15) is 9.59 Å². The Labute approximate surface area is 136 Å². The predicted octanol–water partition coefficient (Wildman–Crippen LogP) is -0.932. The number of hydrogen-bond donors (Lipinski definition) is 0. The molecule has 22 heavy (non-hydrogen) atoms. The summed E-state index contributed by atoms with van der Waals surface area (Å²) in [5.41, 5.74) is -1.51. The van der Waals surface area contributed by atoms with E-state index < -0.39 is 22.8 Å². The molecule has 0 aliphatic carbocycles. The Morgan fingerprint density at radius 1 is 0.818 bits per heavy atom. The second-order valence-electron chi connectivity index (χ2n) is 6.05. The second-order valence-corrected chi connectivity index (χ2v) is 9.10. The van der Waals surface area contributed by atoms with Gasteiger partial charge in [0.05, 0.1) is 33.7 Å². The topological polar surface area (TPSA) is 71.1 Å². The van der Waals surface area contributed by atoms with Crippen LogP contribution in [-0.2, 0) is 28.5 Å². The van der Waals surface area contributed by atoms with E-state index >= 15 is 0 Å². The molecule has 0 aromatic carbocycles. The highest BCUT2D eigenvalue weighted by molar-refractivity contribution is 6.15. The van der Waals surface area contributed by atoms with Gasteiger partial charge in [0.2, 0.25) is 0 Å². The zero-order valence-electron chi connectivity index (χ0n) is 13.3. The Bertz CT molecular complexity index is 399. The van der Waals surface area contributed by atoms with Crippen LogP contribution in [0.5, 0.6) is 0 Å². The summed E-state index contributed by atoms with van der Waals surface area (Å²) >= 11 is 0. The van der Waals surface area contributed by atoms with E-state index in [2.05, 4.69) is 0 Å². The van der Waals surface area contributed by atoms with Gasteiger partial charge in [-0.1, -0.05) is 0 Å². The van der Waals surface area contributed by atoms with Crippen molar-refractivity contribution in [3.05, 3.63) is 12.2 Å². The fraction of sp³-hybridized carbons (Fsp3) is 0.714. The number of ether oxygens (including phenoxy) is 4. The highest BCUT2D eigenvalue weighted by Crippen LogP contribution is 2.24. The molecule has 0 aromatic heterocycles. The molecule has 2 fully saturated rings. The Hall–Kier alpha value is -0.966. The minimum Gasteiger partial charge on any atom is -0.435 e. The van der Waals surface area contributed by atoms with Gasteiger partial charge in [-0.05, 0) is 25.7 Å². The quantitative estimate of drug-likeness (QED) is 0.373. The van der Waals surface area contributed by atoms with Gasteiger partial charge in [0.15, 0.2) is 10.8 Å². The zero-order valence-corrected chi connectivity index (χ0v) is 17.3. The SMILES string of the molecule is O=C(/C=C\C(=O)OC1([SiH3])CCCCO1)OC1([SiH3])CCCCO1. The van der Waals surface area contributed by atoms with Crippen LogP contribution in [0, 0.1) is 0 Å². The van der Waals surface area contributed by atoms with Crippen molar-refractivity contribution in [3.63, 3.8) is 0 Å². The average Bonchev–Trinajstić information content (AvgIpc) is 2.46. The van der Waals surface area contributed by atoms with Crippen molar-refractivity contribution in [2.45, 2.75) is 49.3 Å². The van der Waals surface area contributed by atoms with E-state index in [1.165, 1.54) is 0 Å². The molecule has 2 atom stereocenters. The summed E-state index contributed by atoms with van der Waals surface area (Å²) in [7, 11) is 1.21. The Morgan fingerprint density at radius 3 is 1.55 bits per heavy atom. The lowest BCUT2D eigenvalue weighted by Gasteiger charge is -2.33. The molecular formula is C14H24O6Si2. The van der Waals surface area contributed by atoms with Gasteiger partial charge in [0.25, 0.3) is 0 Å². The molecular weight excluding hydrogens is 320 g/mol. The molecule has 2 heterocycles. The number of carbonyl (C=O) groups is 2. The Kier molecular flexibility index (Phi) is 5.96. The summed E-state index contributed by atoms with van der Waals surface area (Å²) in [6, 6.07) is 0. The molecule has 6 nitrogen and oxygen atoms in total. The van der Waals surface area contributed by atoms with Crippen LogP contribution in [-0.4, -0.2) is 56.5 Å². The molecule has 124 valence electrons. The van der Waals surface area contributed by atoms with Gasteiger partial charge in [0.1, 0.15) is 0 Å². The first-order chi connectivity index (χ1) is 10.4. The van der Waals surface area contributed by atoms with Gasteiger partial charge >= 0.3 is 11.9 Å². The molecule has 0 spiro atoms. The third-order valence-electron chi connectivity index (χ3n) is 3.85. The monoisotopic (exact) mass is 344 g/mol. The minimum atomic E-state index is -0.755. The fourth-order valence-corrected chi connectivity index (χ4v) is 4.13. The molecule has 2 unspecified atom stereocenters. The number of esters is 2. The third-order valence-corrected chi connectivity index (χ3v) is 5.84. The van der Waals surface area contributed by atoms with Gasteiger partial charge in [-0.2, -0.15) is 0 Å². The van der Waals surface area contributed by atoms with Crippen molar-refractivity contribution in [3.8, 4) is 0 Å². The first-order valence-electron chi connectivity index (χ1n) is 7.83. The maximum atomic E-state index is 11.8. The highest BCUT2D eigenvalue weighted by Gasteiger charge is 2.32. The van der Waals surface area contributed by atoms with Crippen molar-refractivity contribution < 1.29 is 28.5 Å². The minimum absolute atomic E-state index is 0.569. The molecule has 2 aliphatic rings. The van der Waals surface area contributed by atoms with E-state index in [0.29, 0.717) is 33.7 Å². The zero-order chi connectivity index (χ0) is 16.1. The average molecular weight is 345 g/mol. The van der Waals surface area contributed by atoms with E-state index in [0.717, 1.165) is 50.7 Å². The molecule has 2 rings (SSSR count). The van der Waals surface area contributed by atoms with Crippen LogP contribution in [0.15, 0.2) is 12.2 Å². The van der Waals surface area contributed by atoms with Crippen LogP contribution in [0.25, 0.3) is 0 Å². The molecule has 0 aromatic rings. The van der Waals surface area contributed by atoms with Crippen molar-refractivity contribution in [2.75, 3.05) is 13.2 Å². The van der Waals surface area contributed by atoms with Crippen molar-refractivity contribution in [1.82, 2.24) is 0 Å². The van der Waals surface area contributed by atoms with Crippen LogP contribution in [0.3, 0.4) is 0 Å². The number of carbonyl (C=O) groups excluding carboxylic acids is 2. The first-order valence-corrected chi connectivity index (χ1v) is 9.83. The van der Waals surface area contributed by atoms with Crippen LogP contribution < -0.4 is 0 Å². The first kappa shape index (κ1) is 17.4. The number of rotatable bonds is 4. The van der Waals surface area contributed by atoms with Crippen LogP contribution in [0.4, 0.5) is 0 Å².